The molecule has 0 spiro atoms. The molecule has 1 saturated heterocycles. The summed E-state index contributed by atoms with van der Waals surface area (Å²) in [6.07, 6.45) is 0.419. The second-order valence-electron chi connectivity index (χ2n) is 3.39. The van der Waals surface area contributed by atoms with Crippen molar-refractivity contribution < 1.29 is 14.7 Å². The lowest BCUT2D eigenvalue weighted by Crippen LogP contribution is -2.26. The van der Waals surface area contributed by atoms with Gasteiger partial charge in [-0.25, -0.2) is 4.79 Å². The summed E-state index contributed by atoms with van der Waals surface area (Å²) in [7, 11) is 0. The average Bonchev–Trinajstić information content (AvgIpc) is 2.58. The summed E-state index contributed by atoms with van der Waals surface area (Å²) >= 11 is 3.35. The molecule has 0 radical (unpaired) electrons. The van der Waals surface area contributed by atoms with Crippen LogP contribution in [0.4, 0.5) is 5.82 Å². The fraction of sp³-hybridized carbons (Fsp3) is 0.333. The Morgan fingerprint density at radius 1 is 1.50 bits per heavy atom. The molecular weight excluding hydrogens is 278 g/mol. The monoisotopic (exact) mass is 285 g/mol. The predicted molar refractivity (Wildman–Crippen MR) is 58.7 cm³/mol. The van der Waals surface area contributed by atoms with E-state index in [1.54, 1.807) is 0 Å². The van der Waals surface area contributed by atoms with E-state index in [0.29, 0.717) is 18.8 Å². The normalized spacial score (nSPS) is 20.2. The Hall–Kier alpha value is -1.50. The van der Waals surface area contributed by atoms with Gasteiger partial charge in [-0.3, -0.25) is 9.69 Å². The van der Waals surface area contributed by atoms with E-state index < -0.39 is 5.97 Å². The Kier molecular flexibility index (Phi) is 2.86. The molecule has 1 fully saturated rings. The van der Waals surface area contributed by atoms with Gasteiger partial charge in [0.15, 0.2) is 11.5 Å². The predicted octanol–water partition coefficient (Wildman–Crippen LogP) is 0.675. The van der Waals surface area contributed by atoms with Crippen LogP contribution in [-0.2, 0) is 4.79 Å². The molecule has 1 aromatic rings. The average molecular weight is 286 g/mol. The van der Waals surface area contributed by atoms with E-state index in [1.807, 2.05) is 0 Å². The summed E-state index contributed by atoms with van der Waals surface area (Å²) < 4.78 is 0. The third-order valence-electron chi connectivity index (χ3n) is 2.22. The number of anilines is 1. The van der Waals surface area contributed by atoms with Gasteiger partial charge in [0.25, 0.3) is 0 Å². The third kappa shape index (κ3) is 2.04. The highest BCUT2D eigenvalue weighted by atomic mass is 79.9. The van der Waals surface area contributed by atoms with Gasteiger partial charge in [0, 0.05) is 17.8 Å². The smallest absolute Gasteiger partial charge is 0.356 e. The minimum absolute atomic E-state index is 0.0424. The van der Waals surface area contributed by atoms with Crippen LogP contribution in [0.5, 0.6) is 0 Å². The van der Waals surface area contributed by atoms with E-state index >= 15 is 0 Å². The Bertz CT molecular complexity index is 434. The Balaban J connectivity index is 2.22. The van der Waals surface area contributed by atoms with Gasteiger partial charge in [0.05, 0.1) is 0 Å². The van der Waals surface area contributed by atoms with E-state index in [9.17, 15) is 9.59 Å². The number of hydrogen-bond donors (Lipinski definition) is 1. The quantitative estimate of drug-likeness (QED) is 0.808. The van der Waals surface area contributed by atoms with Crippen LogP contribution < -0.4 is 4.90 Å². The number of carboxylic acids is 1. The van der Waals surface area contributed by atoms with Crippen molar-refractivity contribution in [3.63, 3.8) is 0 Å². The number of carbonyl (C=O) groups excluding carboxylic acids is 1. The molecule has 84 valence electrons. The van der Waals surface area contributed by atoms with Crippen molar-refractivity contribution in [2.45, 2.75) is 11.2 Å². The maximum atomic E-state index is 11.5. The molecule has 16 heavy (non-hydrogen) atoms. The lowest BCUT2D eigenvalue weighted by molar-refractivity contribution is -0.117. The summed E-state index contributed by atoms with van der Waals surface area (Å²) in [4.78, 5) is 23.7. The molecule has 1 atom stereocenters. The van der Waals surface area contributed by atoms with Gasteiger partial charge < -0.3 is 5.11 Å². The zero-order valence-electron chi connectivity index (χ0n) is 8.13. The molecule has 0 aliphatic carbocycles. The Labute approximate surface area is 99.4 Å². The maximum absolute atomic E-state index is 11.5. The number of carboxylic acid groups (broad SMARTS) is 1. The molecule has 0 aromatic carbocycles. The van der Waals surface area contributed by atoms with E-state index in [0.717, 1.165) is 0 Å². The third-order valence-corrected chi connectivity index (χ3v) is 2.84. The van der Waals surface area contributed by atoms with Crippen LogP contribution in [0, 0.1) is 0 Å². The number of aromatic carboxylic acids is 1. The first-order valence-corrected chi connectivity index (χ1v) is 5.51. The van der Waals surface area contributed by atoms with E-state index in [-0.39, 0.29) is 16.4 Å². The van der Waals surface area contributed by atoms with Crippen LogP contribution in [0.2, 0.25) is 0 Å². The zero-order chi connectivity index (χ0) is 11.7. The molecule has 1 aliphatic rings. The SMILES string of the molecule is O=C(O)c1ccc(N2CC(Br)CC2=O)nn1. The van der Waals surface area contributed by atoms with Crippen LogP contribution in [0.15, 0.2) is 12.1 Å². The number of hydrogen-bond acceptors (Lipinski definition) is 4. The highest BCUT2D eigenvalue weighted by Crippen LogP contribution is 2.22. The van der Waals surface area contributed by atoms with Crippen molar-refractivity contribution in [2.75, 3.05) is 11.4 Å². The minimum atomic E-state index is -1.13. The van der Waals surface area contributed by atoms with Gasteiger partial charge >= 0.3 is 5.97 Å². The van der Waals surface area contributed by atoms with Crippen molar-refractivity contribution in [3.8, 4) is 0 Å². The first-order valence-electron chi connectivity index (χ1n) is 4.59. The van der Waals surface area contributed by atoms with Gasteiger partial charge in [-0.1, -0.05) is 15.9 Å². The van der Waals surface area contributed by atoms with Crippen LogP contribution in [0.1, 0.15) is 16.9 Å². The van der Waals surface area contributed by atoms with Gasteiger partial charge in [-0.2, -0.15) is 0 Å². The topological polar surface area (TPSA) is 83.4 Å². The van der Waals surface area contributed by atoms with Crippen LogP contribution in [-0.4, -0.2) is 38.6 Å². The lowest BCUT2D eigenvalue weighted by atomic mass is 10.4. The first kappa shape index (κ1) is 11.0. The van der Waals surface area contributed by atoms with Crippen molar-refractivity contribution in [1.29, 1.82) is 0 Å². The number of halogens is 1. The molecule has 1 N–H and O–H groups in total. The van der Waals surface area contributed by atoms with E-state index in [4.69, 9.17) is 5.11 Å². The van der Waals surface area contributed by atoms with Gasteiger partial charge in [-0.05, 0) is 12.1 Å². The van der Waals surface area contributed by atoms with Gasteiger partial charge in [0.2, 0.25) is 5.91 Å². The molecular formula is C9H8BrN3O3. The van der Waals surface area contributed by atoms with E-state index in [2.05, 4.69) is 26.1 Å². The van der Waals surface area contributed by atoms with Crippen LogP contribution in [0.25, 0.3) is 0 Å². The Morgan fingerprint density at radius 3 is 2.69 bits per heavy atom. The summed E-state index contributed by atoms with van der Waals surface area (Å²) in [6, 6.07) is 2.82. The molecule has 2 rings (SSSR count). The number of carbonyl (C=O) groups is 2. The molecule has 2 heterocycles. The highest BCUT2D eigenvalue weighted by molar-refractivity contribution is 9.09. The summed E-state index contributed by atoms with van der Waals surface area (Å²) in [5.74, 6) is -0.790. The molecule has 1 amide bonds. The lowest BCUT2D eigenvalue weighted by Gasteiger charge is -2.13. The summed E-state index contributed by atoms with van der Waals surface area (Å²) in [6.45, 7) is 0.528. The van der Waals surface area contributed by atoms with Crippen molar-refractivity contribution in [1.82, 2.24) is 10.2 Å². The molecule has 7 heteroatoms. The number of aromatic nitrogens is 2. The number of alkyl halides is 1. The largest absolute Gasteiger partial charge is 0.476 e. The van der Waals surface area contributed by atoms with Crippen molar-refractivity contribution in [3.05, 3.63) is 17.8 Å². The highest BCUT2D eigenvalue weighted by Gasteiger charge is 2.29. The maximum Gasteiger partial charge on any atom is 0.356 e. The molecule has 6 nitrogen and oxygen atoms in total. The fourth-order valence-corrected chi connectivity index (χ4v) is 2.04. The summed E-state index contributed by atoms with van der Waals surface area (Å²) in [5, 5.41) is 15.9. The molecule has 1 aromatic heterocycles. The number of rotatable bonds is 2. The first-order chi connectivity index (χ1) is 7.58. The Morgan fingerprint density at radius 2 is 2.25 bits per heavy atom. The molecule has 1 aliphatic heterocycles. The standard InChI is InChI=1S/C9H8BrN3O3/c10-5-3-8(14)13(4-5)7-2-1-6(9(15)16)11-12-7/h1-2,5H,3-4H2,(H,15,16). The van der Waals surface area contributed by atoms with Crippen molar-refractivity contribution >= 4 is 33.6 Å². The molecule has 1 unspecified atom stereocenters. The van der Waals surface area contributed by atoms with E-state index in [1.165, 1.54) is 17.0 Å². The molecule has 0 saturated carbocycles. The van der Waals surface area contributed by atoms with Crippen LogP contribution >= 0.6 is 15.9 Å². The second kappa shape index (κ2) is 4.17. The van der Waals surface area contributed by atoms with Crippen molar-refractivity contribution in [2.24, 2.45) is 0 Å². The van der Waals surface area contributed by atoms with Gasteiger partial charge in [0.1, 0.15) is 0 Å². The summed E-state index contributed by atoms with van der Waals surface area (Å²) in [5.41, 5.74) is -0.134. The number of amides is 1. The number of nitrogens with zero attached hydrogens (tertiary/aromatic N) is 3. The molecule has 0 bridgehead atoms. The van der Waals surface area contributed by atoms with Crippen LogP contribution in [0.3, 0.4) is 0 Å². The fourth-order valence-electron chi connectivity index (χ4n) is 1.47. The second-order valence-corrected chi connectivity index (χ2v) is 4.68. The minimum Gasteiger partial charge on any atom is -0.476 e. The zero-order valence-corrected chi connectivity index (χ0v) is 9.72. The van der Waals surface area contributed by atoms with Gasteiger partial charge in [-0.15, -0.1) is 10.2 Å².